The molecular formula is C32H43NO6S. The summed E-state index contributed by atoms with van der Waals surface area (Å²) in [4.78, 5) is 13.5. The van der Waals surface area contributed by atoms with E-state index in [1.165, 1.54) is 4.31 Å². The second-order valence-corrected chi connectivity index (χ2v) is 13.8. The number of esters is 1. The fourth-order valence-corrected chi connectivity index (χ4v) is 8.37. The fourth-order valence-electron chi connectivity index (χ4n) is 6.64. The minimum Gasteiger partial charge on any atom is -0.462 e. The van der Waals surface area contributed by atoms with Crippen LogP contribution in [0.3, 0.4) is 0 Å². The van der Waals surface area contributed by atoms with E-state index in [0.29, 0.717) is 23.8 Å². The van der Waals surface area contributed by atoms with Gasteiger partial charge in [0.1, 0.15) is 6.10 Å². The predicted molar refractivity (Wildman–Crippen MR) is 153 cm³/mol. The third-order valence-corrected chi connectivity index (χ3v) is 10.8. The normalized spacial score (nSPS) is 26.4. The van der Waals surface area contributed by atoms with Gasteiger partial charge in [-0.05, 0) is 68.6 Å². The number of hydrogen-bond donors (Lipinski definition) is 1. The zero-order valence-corrected chi connectivity index (χ0v) is 24.4. The summed E-state index contributed by atoms with van der Waals surface area (Å²) < 4.78 is 40.9. The molecule has 0 radical (unpaired) electrons. The molecule has 7 nitrogen and oxygen atoms in total. The molecule has 2 aliphatic heterocycles. The van der Waals surface area contributed by atoms with Crippen molar-refractivity contribution in [3.05, 3.63) is 65.2 Å². The summed E-state index contributed by atoms with van der Waals surface area (Å²) in [5.74, 6) is -0.356. The molecule has 5 rings (SSSR count). The maximum absolute atomic E-state index is 13.9. The third-order valence-electron chi connectivity index (χ3n) is 8.85. The number of aliphatic hydroxyl groups excluding tert-OH is 1. The first kappa shape index (κ1) is 29.2. The monoisotopic (exact) mass is 569 g/mol. The van der Waals surface area contributed by atoms with Crippen molar-refractivity contribution in [3.8, 4) is 0 Å². The van der Waals surface area contributed by atoms with Crippen LogP contribution in [0.15, 0.2) is 53.4 Å². The Balaban J connectivity index is 1.33. The lowest BCUT2D eigenvalue weighted by Crippen LogP contribution is -2.42. The van der Waals surface area contributed by atoms with E-state index in [1.807, 2.05) is 49.4 Å². The van der Waals surface area contributed by atoms with Crippen molar-refractivity contribution >= 4 is 16.0 Å². The number of nitrogens with zero attached hydrogens (tertiary/aromatic N) is 1. The van der Waals surface area contributed by atoms with Crippen LogP contribution in [0.25, 0.3) is 0 Å². The van der Waals surface area contributed by atoms with Crippen LogP contribution in [0.2, 0.25) is 0 Å². The van der Waals surface area contributed by atoms with E-state index in [9.17, 15) is 18.3 Å². The number of aliphatic hydroxyl groups is 1. The molecular weight excluding hydrogens is 526 g/mol. The first-order valence-corrected chi connectivity index (χ1v) is 16.4. The Morgan fingerprint density at radius 3 is 2.70 bits per heavy atom. The SMILES string of the molecule is Cc1ccc2c(c1)CCCCCCN(CC(O)[C@@H](CC(=O)OC1CC3CCO[C@@H]3C1)Cc1ccccc1)S2(=O)=O. The number of carbonyl (C=O) groups is 1. The molecule has 2 heterocycles. The van der Waals surface area contributed by atoms with Crippen molar-refractivity contribution < 1.29 is 27.8 Å². The zero-order valence-electron chi connectivity index (χ0n) is 23.5. The van der Waals surface area contributed by atoms with Gasteiger partial charge in [0.2, 0.25) is 10.0 Å². The molecule has 0 aromatic heterocycles. The molecule has 218 valence electrons. The number of fused-ring (bicyclic) bond motifs is 2. The van der Waals surface area contributed by atoms with Crippen LogP contribution in [-0.4, -0.2) is 61.8 Å². The van der Waals surface area contributed by atoms with Crippen LogP contribution in [0, 0.1) is 18.8 Å². The van der Waals surface area contributed by atoms with Crippen LogP contribution in [0.4, 0.5) is 0 Å². The standard InChI is InChI=1S/C32H43NO6S/c1-23-12-13-31-26(17-23)11-7-2-3-8-15-33(40(31,36)37)22-29(34)27(18-24-9-5-4-6-10-24)20-32(35)39-28-19-25-14-16-38-30(25)21-28/h4-6,9-10,12-13,17,25,27-30,34H,2-3,7-8,11,14-16,18-22H2,1H3/t25?,27-,28?,29?,30-/m1/s1. The minimum atomic E-state index is -3.81. The van der Waals surface area contributed by atoms with E-state index in [1.54, 1.807) is 6.07 Å². The smallest absolute Gasteiger partial charge is 0.306 e. The van der Waals surface area contributed by atoms with Crippen LogP contribution >= 0.6 is 0 Å². The van der Waals surface area contributed by atoms with Gasteiger partial charge in [0.05, 0.1) is 23.5 Å². The van der Waals surface area contributed by atoms with Crippen molar-refractivity contribution in [1.82, 2.24) is 4.31 Å². The van der Waals surface area contributed by atoms with Crippen molar-refractivity contribution in [3.63, 3.8) is 0 Å². The summed E-state index contributed by atoms with van der Waals surface area (Å²) in [5.41, 5.74) is 2.88. The van der Waals surface area contributed by atoms with Gasteiger partial charge in [0, 0.05) is 32.0 Å². The van der Waals surface area contributed by atoms with E-state index in [4.69, 9.17) is 9.47 Å². The summed E-state index contributed by atoms with van der Waals surface area (Å²) in [5, 5.41) is 11.5. The zero-order chi connectivity index (χ0) is 28.1. The van der Waals surface area contributed by atoms with Crippen molar-refractivity contribution in [1.29, 1.82) is 0 Å². The van der Waals surface area contributed by atoms with E-state index >= 15 is 0 Å². The van der Waals surface area contributed by atoms with Crippen molar-refractivity contribution in [2.45, 2.75) is 94.3 Å². The summed E-state index contributed by atoms with van der Waals surface area (Å²) in [6, 6.07) is 15.3. The highest BCUT2D eigenvalue weighted by molar-refractivity contribution is 7.89. The van der Waals surface area contributed by atoms with Gasteiger partial charge in [-0.1, -0.05) is 60.9 Å². The Morgan fingerprint density at radius 2 is 1.90 bits per heavy atom. The largest absolute Gasteiger partial charge is 0.462 e. The van der Waals surface area contributed by atoms with Gasteiger partial charge in [-0.3, -0.25) is 4.79 Å². The molecule has 40 heavy (non-hydrogen) atoms. The molecule has 3 aliphatic rings. The number of sulfonamides is 1. The summed E-state index contributed by atoms with van der Waals surface area (Å²) in [6.45, 7) is 3.05. The summed E-state index contributed by atoms with van der Waals surface area (Å²) in [7, 11) is -3.81. The number of benzene rings is 2. The van der Waals surface area contributed by atoms with Gasteiger partial charge in [-0.15, -0.1) is 0 Å². The second-order valence-electron chi connectivity index (χ2n) is 11.9. The fraction of sp³-hybridized carbons (Fsp3) is 0.594. The molecule has 0 spiro atoms. The first-order chi connectivity index (χ1) is 19.3. The summed E-state index contributed by atoms with van der Waals surface area (Å²) in [6.07, 6.45) is 6.48. The molecule has 2 aromatic rings. The number of aryl methyl sites for hydroxylation is 2. The van der Waals surface area contributed by atoms with E-state index in [-0.39, 0.29) is 31.1 Å². The molecule has 1 saturated carbocycles. The van der Waals surface area contributed by atoms with Crippen molar-refractivity contribution in [2.24, 2.45) is 11.8 Å². The molecule has 1 N–H and O–H groups in total. The molecule has 5 atom stereocenters. The Kier molecular flexibility index (Phi) is 9.61. The molecule has 8 heteroatoms. The van der Waals surface area contributed by atoms with Gasteiger partial charge in [-0.2, -0.15) is 4.31 Å². The van der Waals surface area contributed by atoms with Crippen LogP contribution in [0.5, 0.6) is 0 Å². The average molecular weight is 570 g/mol. The van der Waals surface area contributed by atoms with Crippen LogP contribution in [-0.2, 0) is 37.1 Å². The third kappa shape index (κ3) is 7.14. The highest BCUT2D eigenvalue weighted by atomic mass is 32.2. The molecule has 0 amide bonds. The van der Waals surface area contributed by atoms with Gasteiger partial charge < -0.3 is 14.6 Å². The van der Waals surface area contributed by atoms with Crippen LogP contribution < -0.4 is 0 Å². The van der Waals surface area contributed by atoms with Gasteiger partial charge in [0.15, 0.2) is 0 Å². The minimum absolute atomic E-state index is 0.0341. The Morgan fingerprint density at radius 1 is 1.10 bits per heavy atom. The van der Waals surface area contributed by atoms with E-state index in [2.05, 4.69) is 0 Å². The quantitative estimate of drug-likeness (QED) is 0.458. The molecule has 0 bridgehead atoms. The summed E-state index contributed by atoms with van der Waals surface area (Å²) >= 11 is 0. The van der Waals surface area contributed by atoms with Crippen molar-refractivity contribution in [2.75, 3.05) is 19.7 Å². The molecule has 2 aromatic carbocycles. The predicted octanol–water partition coefficient (Wildman–Crippen LogP) is 4.82. The Labute approximate surface area is 238 Å². The lowest BCUT2D eigenvalue weighted by Gasteiger charge is -2.30. The highest BCUT2D eigenvalue weighted by Gasteiger charge is 2.40. The second kappa shape index (κ2) is 13.1. The molecule has 1 aliphatic carbocycles. The topological polar surface area (TPSA) is 93.1 Å². The van der Waals surface area contributed by atoms with Gasteiger partial charge in [0.25, 0.3) is 0 Å². The van der Waals surface area contributed by atoms with Gasteiger partial charge >= 0.3 is 5.97 Å². The number of carbonyl (C=O) groups excluding carboxylic acids is 1. The lowest BCUT2D eigenvalue weighted by molar-refractivity contribution is -0.151. The Hall–Kier alpha value is -2.26. The number of rotatable bonds is 8. The first-order valence-electron chi connectivity index (χ1n) is 14.9. The number of ether oxygens (including phenoxy) is 2. The Bertz CT molecular complexity index is 1240. The molecule has 2 fully saturated rings. The highest BCUT2D eigenvalue weighted by Crippen LogP contribution is 2.37. The van der Waals surface area contributed by atoms with Crippen LogP contribution in [0.1, 0.15) is 68.1 Å². The molecule has 1 saturated heterocycles. The maximum Gasteiger partial charge on any atom is 0.306 e. The maximum atomic E-state index is 13.9. The number of hydrogen-bond acceptors (Lipinski definition) is 6. The molecule has 3 unspecified atom stereocenters. The lowest BCUT2D eigenvalue weighted by atomic mass is 9.90. The number of β-amino-alcohol motifs (C(OH)–C–C–N with tert-alkyl or cyclic N) is 1. The van der Waals surface area contributed by atoms with Gasteiger partial charge in [-0.25, -0.2) is 8.42 Å². The average Bonchev–Trinajstić information content (AvgIpc) is 3.51. The van der Waals surface area contributed by atoms with E-state index < -0.39 is 22.0 Å². The van der Waals surface area contributed by atoms with E-state index in [0.717, 1.165) is 74.7 Å².